The first-order chi connectivity index (χ1) is 12.5. The molecule has 0 spiro atoms. The van der Waals surface area contributed by atoms with Crippen LogP contribution in [0.4, 0.5) is 0 Å². The number of allylic oxidation sites excluding steroid dienone is 2. The molecule has 3 heterocycles. The summed E-state index contributed by atoms with van der Waals surface area (Å²) in [4.78, 5) is 0. The van der Waals surface area contributed by atoms with Gasteiger partial charge in [0.1, 0.15) is 12.2 Å². The van der Waals surface area contributed by atoms with E-state index in [0.29, 0.717) is 12.0 Å². The zero-order chi connectivity index (χ0) is 19.9. The standard InChI is InChI=1S/C24H38O3/c1-22(2,3)20-11-10-18(27-20)14-23(4,5)17-13-19(26-16-17)15-24(6,7)21-9-8-12-25-21/h8,11-13,17-18,21H,9-10,14-16H2,1-7H3. The molecule has 152 valence electrons. The summed E-state index contributed by atoms with van der Waals surface area (Å²) in [5.74, 6) is 2.72. The lowest BCUT2D eigenvalue weighted by atomic mass is 9.74. The molecule has 0 radical (unpaired) electrons. The van der Waals surface area contributed by atoms with E-state index < -0.39 is 0 Å². The number of ether oxygens (including phenoxy) is 3. The van der Waals surface area contributed by atoms with Gasteiger partial charge in [-0.05, 0) is 30.1 Å². The van der Waals surface area contributed by atoms with Gasteiger partial charge < -0.3 is 14.2 Å². The molecule has 3 heteroatoms. The van der Waals surface area contributed by atoms with E-state index in [0.717, 1.165) is 43.8 Å². The summed E-state index contributed by atoms with van der Waals surface area (Å²) >= 11 is 0. The van der Waals surface area contributed by atoms with Gasteiger partial charge in [0.25, 0.3) is 0 Å². The Morgan fingerprint density at radius 3 is 2.33 bits per heavy atom. The second kappa shape index (κ2) is 7.22. The van der Waals surface area contributed by atoms with E-state index in [2.05, 4.69) is 66.7 Å². The van der Waals surface area contributed by atoms with E-state index in [1.807, 2.05) is 6.26 Å². The summed E-state index contributed by atoms with van der Waals surface area (Å²) in [6, 6.07) is 0. The van der Waals surface area contributed by atoms with Crippen molar-refractivity contribution < 1.29 is 14.2 Å². The molecule has 27 heavy (non-hydrogen) atoms. The van der Waals surface area contributed by atoms with Crippen LogP contribution in [0.5, 0.6) is 0 Å². The predicted octanol–water partition coefficient (Wildman–Crippen LogP) is 6.37. The van der Waals surface area contributed by atoms with Crippen molar-refractivity contribution in [3.63, 3.8) is 0 Å². The highest BCUT2D eigenvalue weighted by Crippen LogP contribution is 2.44. The number of rotatable bonds is 6. The van der Waals surface area contributed by atoms with Gasteiger partial charge in [0.05, 0.1) is 24.4 Å². The van der Waals surface area contributed by atoms with Crippen LogP contribution in [-0.2, 0) is 14.2 Å². The minimum atomic E-state index is 0.0778. The van der Waals surface area contributed by atoms with Gasteiger partial charge in [-0.15, -0.1) is 0 Å². The fraction of sp³-hybridized carbons (Fsp3) is 0.750. The van der Waals surface area contributed by atoms with E-state index in [1.165, 1.54) is 0 Å². The molecule has 3 atom stereocenters. The molecule has 3 aliphatic rings. The van der Waals surface area contributed by atoms with Crippen LogP contribution >= 0.6 is 0 Å². The van der Waals surface area contributed by atoms with Crippen molar-refractivity contribution >= 4 is 0 Å². The average Bonchev–Trinajstić information content (AvgIpc) is 3.27. The summed E-state index contributed by atoms with van der Waals surface area (Å²) in [7, 11) is 0. The minimum Gasteiger partial charge on any atom is -0.498 e. The molecule has 3 unspecified atom stereocenters. The van der Waals surface area contributed by atoms with Gasteiger partial charge in [-0.3, -0.25) is 0 Å². The van der Waals surface area contributed by atoms with Crippen LogP contribution in [0.3, 0.4) is 0 Å². The van der Waals surface area contributed by atoms with Crippen LogP contribution in [0.1, 0.15) is 74.1 Å². The lowest BCUT2D eigenvalue weighted by Crippen LogP contribution is -2.29. The van der Waals surface area contributed by atoms with Crippen LogP contribution in [0.2, 0.25) is 0 Å². The van der Waals surface area contributed by atoms with Gasteiger partial charge in [-0.25, -0.2) is 0 Å². The van der Waals surface area contributed by atoms with E-state index in [1.54, 1.807) is 0 Å². The summed E-state index contributed by atoms with van der Waals surface area (Å²) in [5.41, 5.74) is 0.336. The molecule has 0 amide bonds. The Morgan fingerprint density at radius 1 is 1.00 bits per heavy atom. The SMILES string of the molecule is CC(C)(C)C1=CCC(CC(C)(C)C2C=C(CC(C)(C)C3CC=CO3)OC2)O1. The van der Waals surface area contributed by atoms with Crippen molar-refractivity contribution in [1.29, 1.82) is 0 Å². The van der Waals surface area contributed by atoms with E-state index in [4.69, 9.17) is 14.2 Å². The molecular weight excluding hydrogens is 336 g/mol. The lowest BCUT2D eigenvalue weighted by molar-refractivity contribution is 0.0348. The highest BCUT2D eigenvalue weighted by Gasteiger charge is 2.39. The first-order valence-corrected chi connectivity index (χ1v) is 10.5. The second-order valence-electron chi connectivity index (χ2n) is 10.9. The zero-order valence-corrected chi connectivity index (χ0v) is 18.3. The van der Waals surface area contributed by atoms with Gasteiger partial charge >= 0.3 is 0 Å². The third-order valence-electron chi connectivity index (χ3n) is 6.38. The molecule has 0 saturated carbocycles. The maximum absolute atomic E-state index is 6.27. The first-order valence-electron chi connectivity index (χ1n) is 10.5. The quantitative estimate of drug-likeness (QED) is 0.540. The summed E-state index contributed by atoms with van der Waals surface area (Å²) in [6.45, 7) is 16.7. The topological polar surface area (TPSA) is 27.7 Å². The highest BCUT2D eigenvalue weighted by atomic mass is 16.5. The Kier molecular flexibility index (Phi) is 5.44. The van der Waals surface area contributed by atoms with Crippen LogP contribution in [0.15, 0.2) is 36.0 Å². The Balaban J connectivity index is 1.56. The number of hydrogen-bond donors (Lipinski definition) is 0. The fourth-order valence-corrected chi connectivity index (χ4v) is 4.39. The molecule has 0 N–H and O–H groups in total. The van der Waals surface area contributed by atoms with Gasteiger partial charge in [-0.2, -0.15) is 0 Å². The van der Waals surface area contributed by atoms with Gasteiger partial charge in [0, 0.05) is 36.0 Å². The van der Waals surface area contributed by atoms with Crippen molar-refractivity contribution in [3.8, 4) is 0 Å². The van der Waals surface area contributed by atoms with Crippen molar-refractivity contribution in [1.82, 2.24) is 0 Å². The highest BCUT2D eigenvalue weighted by molar-refractivity contribution is 5.13. The van der Waals surface area contributed by atoms with Crippen LogP contribution < -0.4 is 0 Å². The van der Waals surface area contributed by atoms with Crippen LogP contribution in [0.25, 0.3) is 0 Å². The predicted molar refractivity (Wildman–Crippen MR) is 110 cm³/mol. The molecule has 0 fully saturated rings. The zero-order valence-electron chi connectivity index (χ0n) is 18.3. The van der Waals surface area contributed by atoms with E-state index >= 15 is 0 Å². The molecule has 0 aromatic heterocycles. The monoisotopic (exact) mass is 374 g/mol. The van der Waals surface area contributed by atoms with E-state index in [-0.39, 0.29) is 22.3 Å². The summed E-state index contributed by atoms with van der Waals surface area (Å²) in [6.07, 6.45) is 13.2. The normalized spacial score (nSPS) is 28.5. The second-order valence-corrected chi connectivity index (χ2v) is 10.9. The van der Waals surface area contributed by atoms with Gasteiger partial charge in [0.15, 0.2) is 0 Å². The smallest absolute Gasteiger partial charge is 0.107 e. The Hall–Kier alpha value is -1.38. The maximum Gasteiger partial charge on any atom is 0.107 e. The van der Waals surface area contributed by atoms with Gasteiger partial charge in [-0.1, -0.05) is 48.5 Å². The van der Waals surface area contributed by atoms with Gasteiger partial charge in [0.2, 0.25) is 0 Å². The fourth-order valence-electron chi connectivity index (χ4n) is 4.39. The molecule has 0 aliphatic carbocycles. The molecular formula is C24H38O3. The van der Waals surface area contributed by atoms with Crippen molar-refractivity contribution in [2.75, 3.05) is 6.61 Å². The van der Waals surface area contributed by atoms with Crippen molar-refractivity contribution in [3.05, 3.63) is 36.0 Å². The van der Waals surface area contributed by atoms with Crippen molar-refractivity contribution in [2.45, 2.75) is 86.4 Å². The molecule has 0 aromatic carbocycles. The summed E-state index contributed by atoms with van der Waals surface area (Å²) in [5, 5.41) is 0. The maximum atomic E-state index is 6.27. The Labute approximate surface area is 165 Å². The van der Waals surface area contributed by atoms with Crippen molar-refractivity contribution in [2.24, 2.45) is 22.2 Å². The van der Waals surface area contributed by atoms with Crippen LogP contribution in [-0.4, -0.2) is 18.8 Å². The Bertz CT molecular complexity index is 623. The lowest BCUT2D eigenvalue weighted by Gasteiger charge is -2.33. The average molecular weight is 375 g/mol. The molecule has 3 rings (SSSR count). The summed E-state index contributed by atoms with van der Waals surface area (Å²) < 4.78 is 18.2. The third kappa shape index (κ3) is 4.73. The third-order valence-corrected chi connectivity index (χ3v) is 6.38. The molecule has 3 nitrogen and oxygen atoms in total. The Morgan fingerprint density at radius 2 is 1.74 bits per heavy atom. The molecule has 0 saturated heterocycles. The molecule has 0 bridgehead atoms. The first kappa shape index (κ1) is 20.4. The molecule has 0 aromatic rings. The number of hydrogen-bond acceptors (Lipinski definition) is 3. The molecule has 3 aliphatic heterocycles. The van der Waals surface area contributed by atoms with E-state index in [9.17, 15) is 0 Å². The van der Waals surface area contributed by atoms with Crippen LogP contribution in [0, 0.1) is 22.2 Å². The minimum absolute atomic E-state index is 0.0778. The largest absolute Gasteiger partial charge is 0.498 e.